The summed E-state index contributed by atoms with van der Waals surface area (Å²) in [7, 11) is 1.72. The molecule has 1 amide bonds. The van der Waals surface area contributed by atoms with Gasteiger partial charge in [-0.3, -0.25) is 9.78 Å². The molecular weight excluding hydrogens is 448 g/mol. The third-order valence-corrected chi connectivity index (χ3v) is 6.37. The van der Waals surface area contributed by atoms with Crippen LogP contribution in [-0.4, -0.2) is 37.7 Å². The van der Waals surface area contributed by atoms with E-state index < -0.39 is 17.5 Å². The van der Waals surface area contributed by atoms with E-state index >= 15 is 0 Å². The van der Waals surface area contributed by atoms with Gasteiger partial charge in [0.25, 0.3) is 11.8 Å². The number of alkyl halides is 2. The van der Waals surface area contributed by atoms with Gasteiger partial charge in [0.2, 0.25) is 0 Å². The SMILES string of the molecule is COCCN1CC(C)Cc2ccc(-c3cc(NC(=O)c4ccnc(C(C)(F)F)c4)ccc3C)cc21. The number of pyridine rings is 1. The number of anilines is 2. The highest BCUT2D eigenvalue weighted by Gasteiger charge is 2.27. The van der Waals surface area contributed by atoms with Crippen LogP contribution in [0.4, 0.5) is 20.2 Å². The summed E-state index contributed by atoms with van der Waals surface area (Å²) < 4.78 is 32.6. The Hall–Kier alpha value is -3.32. The first-order valence-corrected chi connectivity index (χ1v) is 11.8. The van der Waals surface area contributed by atoms with E-state index in [4.69, 9.17) is 4.74 Å². The third-order valence-electron chi connectivity index (χ3n) is 6.37. The Labute approximate surface area is 205 Å². The molecule has 1 unspecified atom stereocenters. The molecule has 1 atom stereocenters. The van der Waals surface area contributed by atoms with Crippen molar-refractivity contribution in [1.82, 2.24) is 4.98 Å². The molecule has 3 aromatic rings. The molecule has 184 valence electrons. The van der Waals surface area contributed by atoms with Crippen molar-refractivity contribution >= 4 is 17.3 Å². The number of halogens is 2. The minimum Gasteiger partial charge on any atom is -0.383 e. The van der Waals surface area contributed by atoms with Crippen molar-refractivity contribution < 1.29 is 18.3 Å². The standard InChI is InChI=1S/C28H31F2N3O2/c1-18-13-21-7-6-20(14-25(21)33(17-18)11-12-35-4)24-16-23(8-5-19(24)2)32-27(34)22-9-10-31-26(15-22)28(3,29)30/h5-10,14-16,18H,11-13,17H2,1-4H3,(H,32,34). The summed E-state index contributed by atoms with van der Waals surface area (Å²) in [6.07, 6.45) is 2.27. The van der Waals surface area contributed by atoms with Gasteiger partial charge in [-0.1, -0.05) is 25.1 Å². The number of methoxy groups -OCH3 is 1. The topological polar surface area (TPSA) is 54.5 Å². The minimum absolute atomic E-state index is 0.135. The molecule has 0 radical (unpaired) electrons. The van der Waals surface area contributed by atoms with Gasteiger partial charge in [0, 0.05) is 50.3 Å². The minimum atomic E-state index is -3.12. The first-order chi connectivity index (χ1) is 16.7. The molecule has 2 heterocycles. The zero-order valence-corrected chi connectivity index (χ0v) is 20.6. The van der Waals surface area contributed by atoms with Crippen molar-refractivity contribution in [2.45, 2.75) is 33.1 Å². The molecule has 0 saturated carbocycles. The number of amides is 1. The van der Waals surface area contributed by atoms with Gasteiger partial charge >= 0.3 is 0 Å². The van der Waals surface area contributed by atoms with Gasteiger partial charge in [0.05, 0.1) is 6.61 Å². The zero-order valence-electron chi connectivity index (χ0n) is 20.6. The smallest absolute Gasteiger partial charge is 0.286 e. The second-order valence-electron chi connectivity index (χ2n) is 9.39. The summed E-state index contributed by atoms with van der Waals surface area (Å²) in [5, 5.41) is 2.84. The largest absolute Gasteiger partial charge is 0.383 e. The normalized spacial score (nSPS) is 15.6. The average Bonchev–Trinajstić information content (AvgIpc) is 2.83. The lowest BCUT2D eigenvalue weighted by molar-refractivity contribution is 0.0127. The molecule has 1 N–H and O–H groups in total. The molecule has 35 heavy (non-hydrogen) atoms. The van der Waals surface area contributed by atoms with Crippen molar-refractivity contribution in [3.05, 3.63) is 77.1 Å². The van der Waals surface area contributed by atoms with Crippen molar-refractivity contribution in [3.8, 4) is 11.1 Å². The van der Waals surface area contributed by atoms with Crippen LogP contribution in [0.1, 0.15) is 41.0 Å². The van der Waals surface area contributed by atoms with Crippen LogP contribution in [-0.2, 0) is 17.1 Å². The first-order valence-electron chi connectivity index (χ1n) is 11.8. The highest BCUT2D eigenvalue weighted by Crippen LogP contribution is 2.35. The van der Waals surface area contributed by atoms with Crippen LogP contribution >= 0.6 is 0 Å². The molecule has 2 aromatic carbocycles. The van der Waals surface area contributed by atoms with Gasteiger partial charge in [-0.05, 0) is 71.8 Å². The molecule has 0 bridgehead atoms. The van der Waals surface area contributed by atoms with E-state index in [0.29, 0.717) is 18.2 Å². The number of fused-ring (bicyclic) bond motifs is 1. The van der Waals surface area contributed by atoms with Crippen LogP contribution in [0.2, 0.25) is 0 Å². The van der Waals surface area contributed by atoms with Crippen LogP contribution in [0.25, 0.3) is 11.1 Å². The maximum absolute atomic E-state index is 13.6. The highest BCUT2D eigenvalue weighted by atomic mass is 19.3. The lowest BCUT2D eigenvalue weighted by Gasteiger charge is -2.35. The third kappa shape index (κ3) is 5.68. The number of rotatable bonds is 7. The lowest BCUT2D eigenvalue weighted by atomic mass is 9.90. The van der Waals surface area contributed by atoms with Crippen molar-refractivity contribution in [2.24, 2.45) is 5.92 Å². The fourth-order valence-electron chi connectivity index (χ4n) is 4.55. The molecule has 5 nitrogen and oxygen atoms in total. The highest BCUT2D eigenvalue weighted by molar-refractivity contribution is 6.04. The average molecular weight is 480 g/mol. The number of nitrogens with zero attached hydrogens (tertiary/aromatic N) is 2. The monoisotopic (exact) mass is 479 g/mol. The quantitative estimate of drug-likeness (QED) is 0.447. The number of nitrogens with one attached hydrogen (secondary N) is 1. The molecule has 4 rings (SSSR count). The van der Waals surface area contributed by atoms with Gasteiger partial charge in [0.15, 0.2) is 0 Å². The number of hydrogen-bond acceptors (Lipinski definition) is 4. The Bertz CT molecular complexity index is 1220. The molecular formula is C28H31F2N3O2. The van der Waals surface area contributed by atoms with Crippen LogP contribution < -0.4 is 10.2 Å². The molecule has 0 fully saturated rings. The van der Waals surface area contributed by atoms with Gasteiger partial charge in [-0.15, -0.1) is 0 Å². The summed E-state index contributed by atoms with van der Waals surface area (Å²) in [4.78, 5) is 18.9. The van der Waals surface area contributed by atoms with E-state index in [-0.39, 0.29) is 5.56 Å². The number of carbonyl (C=O) groups is 1. The van der Waals surface area contributed by atoms with E-state index in [0.717, 1.165) is 49.2 Å². The Morgan fingerprint density at radius 3 is 2.74 bits per heavy atom. The Balaban J connectivity index is 1.61. The second kappa shape index (κ2) is 10.1. The van der Waals surface area contributed by atoms with Gasteiger partial charge < -0.3 is 15.0 Å². The number of aromatic nitrogens is 1. The Morgan fingerprint density at radius 2 is 2.00 bits per heavy atom. The Kier molecular flexibility index (Phi) is 7.17. The van der Waals surface area contributed by atoms with Crippen LogP contribution in [0.15, 0.2) is 54.7 Å². The Morgan fingerprint density at radius 1 is 1.20 bits per heavy atom. The van der Waals surface area contributed by atoms with Crippen molar-refractivity contribution in [1.29, 1.82) is 0 Å². The molecule has 7 heteroatoms. The van der Waals surface area contributed by atoms with Gasteiger partial charge in [-0.25, -0.2) is 0 Å². The maximum atomic E-state index is 13.6. The summed E-state index contributed by atoms with van der Waals surface area (Å²) >= 11 is 0. The molecule has 0 saturated heterocycles. The fourth-order valence-corrected chi connectivity index (χ4v) is 4.55. The zero-order chi connectivity index (χ0) is 25.2. The number of carbonyl (C=O) groups excluding carboxylic acids is 1. The van der Waals surface area contributed by atoms with Crippen LogP contribution in [0, 0.1) is 12.8 Å². The fraction of sp³-hybridized carbons (Fsp3) is 0.357. The number of aryl methyl sites for hydroxylation is 1. The summed E-state index contributed by atoms with van der Waals surface area (Å²) in [6, 6.07) is 14.8. The van der Waals surface area contributed by atoms with Gasteiger partial charge in [0.1, 0.15) is 5.69 Å². The number of ether oxygens (including phenoxy) is 1. The molecule has 1 aromatic heterocycles. The first kappa shape index (κ1) is 24.8. The van der Waals surface area contributed by atoms with Crippen molar-refractivity contribution in [3.63, 3.8) is 0 Å². The van der Waals surface area contributed by atoms with E-state index in [1.54, 1.807) is 7.11 Å². The second-order valence-corrected chi connectivity index (χ2v) is 9.39. The predicted molar refractivity (Wildman–Crippen MR) is 135 cm³/mol. The predicted octanol–water partition coefficient (Wildman–Crippen LogP) is 6.07. The van der Waals surface area contributed by atoms with Gasteiger partial charge in [-0.2, -0.15) is 8.78 Å². The van der Waals surface area contributed by atoms with E-state index in [2.05, 4.69) is 40.3 Å². The summed E-state index contributed by atoms with van der Waals surface area (Å²) in [6.45, 7) is 7.54. The van der Waals surface area contributed by atoms with Crippen LogP contribution in [0.3, 0.4) is 0 Å². The molecule has 0 aliphatic carbocycles. The van der Waals surface area contributed by atoms with Crippen molar-refractivity contribution in [2.75, 3.05) is 37.0 Å². The molecule has 1 aliphatic rings. The van der Waals surface area contributed by atoms with E-state index in [9.17, 15) is 13.6 Å². The summed E-state index contributed by atoms with van der Waals surface area (Å²) in [5.41, 5.74) is 5.99. The van der Waals surface area contributed by atoms with E-state index in [1.165, 1.54) is 23.5 Å². The molecule has 1 aliphatic heterocycles. The maximum Gasteiger partial charge on any atom is 0.286 e. The van der Waals surface area contributed by atoms with E-state index in [1.807, 2.05) is 25.1 Å². The lowest BCUT2D eigenvalue weighted by Crippen LogP contribution is -2.36. The van der Waals surface area contributed by atoms with Crippen LogP contribution in [0.5, 0.6) is 0 Å². The summed E-state index contributed by atoms with van der Waals surface area (Å²) in [5.74, 6) is -3.00. The number of hydrogen-bond donors (Lipinski definition) is 1. The number of benzene rings is 2. The molecule has 0 spiro atoms.